The molecule has 8 nitrogen and oxygen atoms in total. The second kappa shape index (κ2) is 8.36. The second-order valence-corrected chi connectivity index (χ2v) is 6.92. The Labute approximate surface area is 149 Å². The summed E-state index contributed by atoms with van der Waals surface area (Å²) in [5, 5.41) is 6.71. The summed E-state index contributed by atoms with van der Waals surface area (Å²) in [5.41, 5.74) is -0.421. The number of nitrogens with one attached hydrogen (secondary N) is 1. The van der Waals surface area contributed by atoms with Crippen LogP contribution in [0.4, 0.5) is 4.79 Å². The Kier molecular flexibility index (Phi) is 7.07. The average Bonchev–Trinajstić information content (AvgIpc) is 2.72. The van der Waals surface area contributed by atoms with Crippen LogP contribution in [0.25, 0.3) is 0 Å². The van der Waals surface area contributed by atoms with Gasteiger partial charge in [0.05, 0.1) is 13.2 Å². The zero-order chi connectivity index (χ0) is 18.5. The van der Waals surface area contributed by atoms with Crippen LogP contribution in [0.15, 0.2) is 4.47 Å². The van der Waals surface area contributed by atoms with Gasteiger partial charge in [-0.05, 0) is 50.5 Å². The monoisotopic (exact) mass is 405 g/mol. The Balaban J connectivity index is 2.66. The first-order chi connectivity index (χ1) is 11.0. The van der Waals surface area contributed by atoms with E-state index < -0.39 is 17.7 Å². The molecule has 0 saturated carbocycles. The van der Waals surface area contributed by atoms with Crippen LogP contribution in [0.3, 0.4) is 0 Å². The van der Waals surface area contributed by atoms with Crippen molar-refractivity contribution in [2.24, 2.45) is 7.05 Å². The molecule has 1 atom stereocenters. The molecule has 0 aromatic carbocycles. The van der Waals surface area contributed by atoms with Crippen LogP contribution in [0, 0.1) is 0 Å². The number of alkyl carbamates (subject to hydrolysis) is 1. The van der Waals surface area contributed by atoms with Gasteiger partial charge in [0.1, 0.15) is 16.2 Å². The number of aryl methyl sites for hydroxylation is 1. The van der Waals surface area contributed by atoms with Crippen LogP contribution in [0.5, 0.6) is 5.88 Å². The quantitative estimate of drug-likeness (QED) is 0.731. The molecule has 1 aromatic heterocycles. The van der Waals surface area contributed by atoms with Crippen molar-refractivity contribution in [2.45, 2.75) is 46.3 Å². The van der Waals surface area contributed by atoms with Gasteiger partial charge in [-0.15, -0.1) is 0 Å². The number of carbonyl (C=O) groups is 2. The molecule has 1 heterocycles. The molecule has 0 aliphatic carbocycles. The third kappa shape index (κ3) is 6.03. The summed E-state index contributed by atoms with van der Waals surface area (Å²) in [6, 6.07) is 0. The number of esters is 1. The summed E-state index contributed by atoms with van der Waals surface area (Å²) in [6.07, 6.45) is -0.881. The molecule has 0 saturated heterocycles. The lowest BCUT2D eigenvalue weighted by Crippen LogP contribution is -2.37. The van der Waals surface area contributed by atoms with Crippen LogP contribution < -0.4 is 10.1 Å². The Morgan fingerprint density at radius 2 is 2.00 bits per heavy atom. The van der Waals surface area contributed by atoms with Crippen LogP contribution >= 0.6 is 15.9 Å². The van der Waals surface area contributed by atoms with E-state index in [9.17, 15) is 9.59 Å². The molecule has 1 aromatic rings. The predicted octanol–water partition coefficient (Wildman–Crippen LogP) is 2.65. The zero-order valence-electron chi connectivity index (χ0n) is 14.8. The van der Waals surface area contributed by atoms with Crippen molar-refractivity contribution in [3.8, 4) is 5.88 Å². The van der Waals surface area contributed by atoms with E-state index in [1.807, 2.05) is 0 Å². The van der Waals surface area contributed by atoms with Gasteiger partial charge in [0, 0.05) is 7.05 Å². The third-order valence-electron chi connectivity index (χ3n) is 2.65. The van der Waals surface area contributed by atoms with Crippen LogP contribution in [0.2, 0.25) is 0 Å². The first-order valence-corrected chi connectivity index (χ1v) is 8.37. The number of hydrogen-bond donors (Lipinski definition) is 1. The molecule has 0 unspecified atom stereocenters. The molecule has 0 fully saturated rings. The topological polar surface area (TPSA) is 91.7 Å². The van der Waals surface area contributed by atoms with Crippen molar-refractivity contribution in [2.75, 3.05) is 13.2 Å². The predicted molar refractivity (Wildman–Crippen MR) is 91.2 cm³/mol. The lowest BCUT2D eigenvalue weighted by molar-refractivity contribution is 0.0499. The van der Waals surface area contributed by atoms with Crippen molar-refractivity contribution < 1.29 is 23.8 Å². The lowest BCUT2D eigenvalue weighted by atomic mass is 10.2. The maximum Gasteiger partial charge on any atom is 0.407 e. The van der Waals surface area contributed by atoms with E-state index in [0.717, 1.165) is 0 Å². The molecular weight excluding hydrogens is 382 g/mol. The normalized spacial score (nSPS) is 12.5. The fourth-order valence-corrected chi connectivity index (χ4v) is 2.31. The van der Waals surface area contributed by atoms with Gasteiger partial charge in [0.25, 0.3) is 0 Å². The minimum atomic E-state index is -0.562. The van der Waals surface area contributed by atoms with Gasteiger partial charge in [-0.25, -0.2) is 14.3 Å². The standard InChI is InChI=1S/C15H24BrN3O5/c1-7-22-13(20)11-10(16)12(19(6)18-11)23-9(2)8-17-14(21)24-15(3,4)5/h9H,7-8H2,1-6H3,(H,17,21)/t9-/m0/s1. The molecule has 0 spiro atoms. The number of hydrogen-bond acceptors (Lipinski definition) is 6. The minimum Gasteiger partial charge on any atom is -0.472 e. The molecule has 0 aliphatic heterocycles. The number of rotatable bonds is 6. The van der Waals surface area contributed by atoms with Gasteiger partial charge in [0.15, 0.2) is 5.69 Å². The van der Waals surface area contributed by atoms with E-state index >= 15 is 0 Å². The lowest BCUT2D eigenvalue weighted by Gasteiger charge is -2.21. The Hall–Kier alpha value is -1.77. The molecule has 0 aliphatic rings. The van der Waals surface area contributed by atoms with Crippen molar-refractivity contribution in [3.63, 3.8) is 0 Å². The summed E-state index contributed by atoms with van der Waals surface area (Å²) < 4.78 is 17.7. The van der Waals surface area contributed by atoms with Crippen LogP contribution in [0.1, 0.15) is 45.1 Å². The molecule has 1 N–H and O–H groups in total. The highest BCUT2D eigenvalue weighted by molar-refractivity contribution is 9.10. The fourth-order valence-electron chi connectivity index (χ4n) is 1.71. The number of amides is 1. The van der Waals surface area contributed by atoms with E-state index in [-0.39, 0.29) is 24.9 Å². The van der Waals surface area contributed by atoms with Gasteiger partial charge >= 0.3 is 12.1 Å². The highest BCUT2D eigenvalue weighted by atomic mass is 79.9. The number of aromatic nitrogens is 2. The minimum absolute atomic E-state index is 0.140. The molecule has 1 amide bonds. The zero-order valence-corrected chi connectivity index (χ0v) is 16.4. The Bertz CT molecular complexity index is 595. The van der Waals surface area contributed by atoms with Crippen molar-refractivity contribution in [1.82, 2.24) is 15.1 Å². The highest BCUT2D eigenvalue weighted by Crippen LogP contribution is 2.29. The van der Waals surface area contributed by atoms with Gasteiger partial charge in [0.2, 0.25) is 5.88 Å². The molecule has 1 rings (SSSR count). The summed E-state index contributed by atoms with van der Waals surface area (Å²) in [5.74, 6) is -0.161. The Morgan fingerprint density at radius 3 is 2.54 bits per heavy atom. The van der Waals surface area contributed by atoms with Crippen molar-refractivity contribution in [1.29, 1.82) is 0 Å². The fraction of sp³-hybridized carbons (Fsp3) is 0.667. The highest BCUT2D eigenvalue weighted by Gasteiger charge is 2.24. The van der Waals surface area contributed by atoms with E-state index in [1.165, 1.54) is 4.68 Å². The first-order valence-electron chi connectivity index (χ1n) is 7.58. The number of carbonyl (C=O) groups excluding carboxylic acids is 2. The summed E-state index contributed by atoms with van der Waals surface area (Å²) in [6.45, 7) is 9.36. The smallest absolute Gasteiger partial charge is 0.407 e. The molecule has 0 bridgehead atoms. The maximum atomic E-state index is 11.8. The van der Waals surface area contributed by atoms with Gasteiger partial charge in [-0.1, -0.05) is 0 Å². The summed E-state index contributed by atoms with van der Waals surface area (Å²) in [7, 11) is 1.65. The van der Waals surface area contributed by atoms with Crippen LogP contribution in [-0.4, -0.2) is 46.7 Å². The third-order valence-corrected chi connectivity index (χ3v) is 3.37. The largest absolute Gasteiger partial charge is 0.472 e. The van der Waals surface area contributed by atoms with Gasteiger partial charge in [-0.2, -0.15) is 5.10 Å². The molecule has 0 radical (unpaired) electrons. The summed E-state index contributed by atoms with van der Waals surface area (Å²) in [4.78, 5) is 23.4. The number of nitrogens with zero attached hydrogens (tertiary/aromatic N) is 2. The molecular formula is C15H24BrN3O5. The van der Waals surface area contributed by atoms with E-state index in [0.29, 0.717) is 10.4 Å². The number of ether oxygens (including phenoxy) is 3. The maximum absolute atomic E-state index is 11.8. The first kappa shape index (κ1) is 20.3. The number of halogens is 1. The van der Waals surface area contributed by atoms with Crippen LogP contribution in [-0.2, 0) is 16.5 Å². The SMILES string of the molecule is CCOC(=O)c1nn(C)c(O[C@@H](C)CNC(=O)OC(C)(C)C)c1Br. The Morgan fingerprint density at radius 1 is 1.38 bits per heavy atom. The second-order valence-electron chi connectivity index (χ2n) is 6.12. The molecule has 24 heavy (non-hydrogen) atoms. The molecule has 136 valence electrons. The van der Waals surface area contributed by atoms with E-state index in [1.54, 1.807) is 41.7 Å². The molecule has 9 heteroatoms. The summed E-state index contributed by atoms with van der Waals surface area (Å²) >= 11 is 3.30. The average molecular weight is 406 g/mol. The van der Waals surface area contributed by atoms with E-state index in [2.05, 4.69) is 26.3 Å². The van der Waals surface area contributed by atoms with Crippen molar-refractivity contribution in [3.05, 3.63) is 10.2 Å². The van der Waals surface area contributed by atoms with E-state index in [4.69, 9.17) is 14.2 Å². The van der Waals surface area contributed by atoms with Crippen molar-refractivity contribution >= 4 is 28.0 Å². The van der Waals surface area contributed by atoms with Gasteiger partial charge in [-0.3, -0.25) is 0 Å². The van der Waals surface area contributed by atoms with Gasteiger partial charge < -0.3 is 19.5 Å².